The molecule has 0 bridgehead atoms. The molecule has 0 radical (unpaired) electrons. The molecule has 3 aromatic rings. The molecule has 1 aliphatic heterocycles. The third kappa shape index (κ3) is 3.65. The summed E-state index contributed by atoms with van der Waals surface area (Å²) in [5.41, 5.74) is 2.60. The van der Waals surface area contributed by atoms with Crippen LogP contribution in [0.5, 0.6) is 0 Å². The fraction of sp³-hybridized carbons (Fsp3) is 0.238. The monoisotopic (exact) mass is 363 g/mol. The van der Waals surface area contributed by atoms with E-state index in [0.29, 0.717) is 18.8 Å². The van der Waals surface area contributed by atoms with E-state index >= 15 is 0 Å². The van der Waals surface area contributed by atoms with Gasteiger partial charge in [0.05, 0.1) is 0 Å². The van der Waals surface area contributed by atoms with Gasteiger partial charge in [0.15, 0.2) is 5.76 Å². The van der Waals surface area contributed by atoms with Crippen LogP contribution >= 0.6 is 0 Å². The Bertz CT molecular complexity index is 937. The molecule has 4 rings (SSSR count). The van der Waals surface area contributed by atoms with Crippen LogP contribution in [0.3, 0.4) is 0 Å². The number of hydrogen-bond donors (Lipinski definition) is 1. The summed E-state index contributed by atoms with van der Waals surface area (Å²) in [6.45, 7) is 4.29. The molecule has 1 aromatic heterocycles. The largest absolute Gasteiger partial charge is 0.451 e. The highest BCUT2D eigenvalue weighted by molar-refractivity contribution is 5.96. The zero-order valence-electron chi connectivity index (χ0n) is 15.1. The van der Waals surface area contributed by atoms with Crippen molar-refractivity contribution in [3.8, 4) is 0 Å². The summed E-state index contributed by atoms with van der Waals surface area (Å²) < 4.78 is 5.70. The fourth-order valence-electron chi connectivity index (χ4n) is 3.37. The Balaban J connectivity index is 1.39. The Morgan fingerprint density at radius 3 is 2.33 bits per heavy atom. The topological polar surface area (TPSA) is 65.8 Å². The number of amides is 2. The number of fused-ring (bicyclic) bond motifs is 1. The van der Waals surface area contributed by atoms with E-state index in [9.17, 15) is 9.59 Å². The molecule has 6 nitrogen and oxygen atoms in total. The van der Waals surface area contributed by atoms with Gasteiger partial charge >= 0.3 is 0 Å². The summed E-state index contributed by atoms with van der Waals surface area (Å²) in [5.74, 6) is 0.247. The van der Waals surface area contributed by atoms with Crippen LogP contribution < -0.4 is 10.2 Å². The Hall–Kier alpha value is -3.28. The first-order chi connectivity index (χ1) is 13.1. The maximum atomic E-state index is 12.7. The van der Waals surface area contributed by atoms with Crippen LogP contribution in [0.25, 0.3) is 11.0 Å². The van der Waals surface area contributed by atoms with Gasteiger partial charge in [-0.2, -0.15) is 0 Å². The van der Waals surface area contributed by atoms with Gasteiger partial charge in [0, 0.05) is 49.9 Å². The average molecular weight is 363 g/mol. The third-order valence-electron chi connectivity index (χ3n) is 4.76. The van der Waals surface area contributed by atoms with Crippen LogP contribution in [0.15, 0.2) is 59.0 Å². The number of benzene rings is 2. The van der Waals surface area contributed by atoms with Gasteiger partial charge in [0.1, 0.15) is 5.58 Å². The maximum absolute atomic E-state index is 12.7. The first-order valence-corrected chi connectivity index (χ1v) is 9.00. The molecule has 6 heteroatoms. The van der Waals surface area contributed by atoms with Gasteiger partial charge in [-0.15, -0.1) is 0 Å². The van der Waals surface area contributed by atoms with Crippen molar-refractivity contribution >= 4 is 34.2 Å². The Kier molecular flexibility index (Phi) is 4.54. The molecular formula is C21H21N3O3. The molecule has 1 N–H and O–H groups in total. The van der Waals surface area contributed by atoms with Gasteiger partial charge < -0.3 is 19.5 Å². The van der Waals surface area contributed by atoms with Crippen LogP contribution in [0, 0.1) is 0 Å². The third-order valence-corrected chi connectivity index (χ3v) is 4.76. The highest BCUT2D eigenvalue weighted by atomic mass is 16.3. The van der Waals surface area contributed by atoms with Crippen molar-refractivity contribution in [2.75, 3.05) is 36.4 Å². The SMILES string of the molecule is CC(=O)Nc1ccc(N2CCN(C(=O)c3cc4ccccc4o3)CC2)cc1. The number of carbonyl (C=O) groups is 2. The average Bonchev–Trinajstić information content (AvgIpc) is 3.12. The number of rotatable bonds is 3. The van der Waals surface area contributed by atoms with Crippen molar-refractivity contribution in [1.82, 2.24) is 4.90 Å². The second-order valence-electron chi connectivity index (χ2n) is 6.66. The van der Waals surface area contributed by atoms with E-state index in [0.717, 1.165) is 35.4 Å². The molecule has 0 aliphatic carbocycles. The standard InChI is InChI=1S/C21H21N3O3/c1-15(25)22-17-6-8-18(9-7-17)23-10-12-24(13-11-23)21(26)20-14-16-4-2-3-5-19(16)27-20/h2-9,14H,10-13H2,1H3,(H,22,25). The summed E-state index contributed by atoms with van der Waals surface area (Å²) in [5, 5.41) is 3.71. The highest BCUT2D eigenvalue weighted by Crippen LogP contribution is 2.22. The first kappa shape index (κ1) is 17.1. The number of nitrogens with zero attached hydrogens (tertiary/aromatic N) is 2. The predicted octanol–water partition coefficient (Wildman–Crippen LogP) is 3.35. The summed E-state index contributed by atoms with van der Waals surface area (Å²) in [6.07, 6.45) is 0. The number of nitrogens with one attached hydrogen (secondary N) is 1. The van der Waals surface area contributed by atoms with E-state index in [1.165, 1.54) is 6.92 Å². The van der Waals surface area contributed by atoms with Crippen LogP contribution in [0.4, 0.5) is 11.4 Å². The Labute approximate surface area is 157 Å². The van der Waals surface area contributed by atoms with Gasteiger partial charge in [-0.3, -0.25) is 9.59 Å². The molecule has 1 saturated heterocycles. The van der Waals surface area contributed by atoms with Crippen molar-refractivity contribution in [2.45, 2.75) is 6.92 Å². The molecule has 0 unspecified atom stereocenters. The molecule has 2 amide bonds. The summed E-state index contributed by atoms with van der Waals surface area (Å²) >= 11 is 0. The molecule has 1 aliphatic rings. The summed E-state index contributed by atoms with van der Waals surface area (Å²) in [6, 6.07) is 17.2. The highest BCUT2D eigenvalue weighted by Gasteiger charge is 2.24. The maximum Gasteiger partial charge on any atom is 0.289 e. The van der Waals surface area contributed by atoms with Crippen molar-refractivity contribution in [3.05, 3.63) is 60.4 Å². The van der Waals surface area contributed by atoms with Crippen molar-refractivity contribution in [1.29, 1.82) is 0 Å². The second-order valence-corrected chi connectivity index (χ2v) is 6.66. The number of para-hydroxylation sites is 1. The van der Waals surface area contributed by atoms with Crippen molar-refractivity contribution in [2.24, 2.45) is 0 Å². The number of hydrogen-bond acceptors (Lipinski definition) is 4. The Morgan fingerprint density at radius 2 is 1.67 bits per heavy atom. The van der Waals surface area contributed by atoms with Gasteiger partial charge in [0.2, 0.25) is 5.91 Å². The molecule has 0 saturated carbocycles. The van der Waals surface area contributed by atoms with Crippen LogP contribution in [-0.2, 0) is 4.79 Å². The minimum atomic E-state index is -0.0829. The van der Waals surface area contributed by atoms with E-state index < -0.39 is 0 Å². The van der Waals surface area contributed by atoms with Crippen LogP contribution in [0.2, 0.25) is 0 Å². The molecule has 2 aromatic carbocycles. The van der Waals surface area contributed by atoms with Crippen LogP contribution in [-0.4, -0.2) is 42.9 Å². The van der Waals surface area contributed by atoms with Gasteiger partial charge in [-0.05, 0) is 36.4 Å². The minimum Gasteiger partial charge on any atom is -0.451 e. The van der Waals surface area contributed by atoms with E-state index in [-0.39, 0.29) is 11.8 Å². The Morgan fingerprint density at radius 1 is 0.963 bits per heavy atom. The quantitative estimate of drug-likeness (QED) is 0.775. The van der Waals surface area contributed by atoms with Crippen molar-refractivity contribution in [3.63, 3.8) is 0 Å². The first-order valence-electron chi connectivity index (χ1n) is 9.00. The van der Waals surface area contributed by atoms with E-state index in [1.807, 2.05) is 59.5 Å². The van der Waals surface area contributed by atoms with Gasteiger partial charge in [-0.25, -0.2) is 0 Å². The number of carbonyl (C=O) groups excluding carboxylic acids is 2. The summed E-state index contributed by atoms with van der Waals surface area (Å²) in [7, 11) is 0. The molecule has 0 spiro atoms. The lowest BCUT2D eigenvalue weighted by atomic mass is 10.2. The normalized spacial score (nSPS) is 14.4. The van der Waals surface area contributed by atoms with E-state index in [4.69, 9.17) is 4.42 Å². The molecule has 0 atom stereocenters. The predicted molar refractivity (Wildman–Crippen MR) is 105 cm³/mol. The number of furan rings is 1. The smallest absolute Gasteiger partial charge is 0.289 e. The van der Waals surface area contributed by atoms with E-state index in [1.54, 1.807) is 0 Å². The molecule has 27 heavy (non-hydrogen) atoms. The lowest BCUT2D eigenvalue weighted by Gasteiger charge is -2.35. The van der Waals surface area contributed by atoms with E-state index in [2.05, 4.69) is 10.2 Å². The van der Waals surface area contributed by atoms with Crippen molar-refractivity contribution < 1.29 is 14.0 Å². The lowest BCUT2D eigenvalue weighted by molar-refractivity contribution is -0.114. The number of piperazine rings is 1. The fourth-order valence-corrected chi connectivity index (χ4v) is 3.37. The molecule has 1 fully saturated rings. The van der Waals surface area contributed by atoms with Gasteiger partial charge in [0.25, 0.3) is 5.91 Å². The number of anilines is 2. The molecule has 2 heterocycles. The van der Waals surface area contributed by atoms with Gasteiger partial charge in [-0.1, -0.05) is 18.2 Å². The minimum absolute atomic E-state index is 0.0631. The van der Waals surface area contributed by atoms with Crippen LogP contribution in [0.1, 0.15) is 17.5 Å². The zero-order valence-corrected chi connectivity index (χ0v) is 15.1. The zero-order chi connectivity index (χ0) is 18.8. The summed E-state index contributed by atoms with van der Waals surface area (Å²) in [4.78, 5) is 27.9. The second kappa shape index (κ2) is 7.15. The molecular weight excluding hydrogens is 342 g/mol. The lowest BCUT2D eigenvalue weighted by Crippen LogP contribution is -2.48. The molecule has 138 valence electrons.